The van der Waals surface area contributed by atoms with Crippen LogP contribution in [0.5, 0.6) is 5.75 Å². The molecule has 0 unspecified atom stereocenters. The molecule has 21 heavy (non-hydrogen) atoms. The number of anilines is 1. The molecule has 0 spiro atoms. The Morgan fingerprint density at radius 3 is 2.90 bits per heavy atom. The van der Waals surface area contributed by atoms with Crippen LogP contribution >= 0.6 is 0 Å². The maximum absolute atomic E-state index is 13.7. The van der Waals surface area contributed by atoms with Crippen molar-refractivity contribution in [1.29, 1.82) is 0 Å². The van der Waals surface area contributed by atoms with Gasteiger partial charge in [-0.15, -0.1) is 0 Å². The van der Waals surface area contributed by atoms with Crippen molar-refractivity contribution >= 4 is 17.0 Å². The van der Waals surface area contributed by atoms with E-state index in [1.54, 1.807) is 16.8 Å². The Balaban J connectivity index is 2.14. The van der Waals surface area contributed by atoms with Crippen LogP contribution in [-0.4, -0.2) is 21.6 Å². The fraction of sp³-hybridized carbons (Fsp3) is 0.200. The molecular formula is C15H15FN4O. The molecule has 0 atom stereocenters. The molecule has 0 bridgehead atoms. The van der Waals surface area contributed by atoms with E-state index >= 15 is 0 Å². The number of fused-ring (bicyclic) bond motifs is 1. The van der Waals surface area contributed by atoms with E-state index in [1.807, 2.05) is 19.1 Å². The van der Waals surface area contributed by atoms with Crippen molar-refractivity contribution in [3.05, 3.63) is 47.5 Å². The molecular weight excluding hydrogens is 271 g/mol. The second kappa shape index (κ2) is 5.05. The van der Waals surface area contributed by atoms with Crippen LogP contribution in [0.2, 0.25) is 0 Å². The zero-order chi connectivity index (χ0) is 15.0. The molecule has 2 aromatic heterocycles. The molecule has 5 nitrogen and oxygen atoms in total. The minimum absolute atomic E-state index is 0.168. The van der Waals surface area contributed by atoms with E-state index in [9.17, 15) is 4.39 Å². The third kappa shape index (κ3) is 2.29. The van der Waals surface area contributed by atoms with Crippen molar-refractivity contribution in [2.24, 2.45) is 0 Å². The number of nitrogens with zero attached hydrogens (tertiary/aromatic N) is 3. The van der Waals surface area contributed by atoms with Crippen molar-refractivity contribution in [2.75, 3.05) is 12.8 Å². The van der Waals surface area contributed by atoms with Gasteiger partial charge in [-0.05, 0) is 18.6 Å². The van der Waals surface area contributed by atoms with Gasteiger partial charge < -0.3 is 15.0 Å². The number of pyridine rings is 1. The monoisotopic (exact) mass is 286 g/mol. The molecule has 2 heterocycles. The van der Waals surface area contributed by atoms with E-state index in [-0.39, 0.29) is 5.75 Å². The van der Waals surface area contributed by atoms with Crippen LogP contribution in [0.25, 0.3) is 11.0 Å². The van der Waals surface area contributed by atoms with Gasteiger partial charge in [-0.1, -0.05) is 6.07 Å². The first-order chi connectivity index (χ1) is 10.1. The number of nitrogens with two attached hydrogens (primary N) is 1. The standard InChI is InChI=1S/C15H15FN4O/c1-9-4-3-5-18-12(9)8-20-13-7-14(21-2)10(16)6-11(13)19-15(20)17/h3-7H,8H2,1-2H3,(H2,17,19). The zero-order valence-electron chi connectivity index (χ0n) is 11.8. The summed E-state index contributed by atoms with van der Waals surface area (Å²) in [6.07, 6.45) is 1.73. The maximum Gasteiger partial charge on any atom is 0.201 e. The lowest BCUT2D eigenvalue weighted by molar-refractivity contribution is 0.387. The van der Waals surface area contributed by atoms with E-state index in [2.05, 4.69) is 9.97 Å². The largest absolute Gasteiger partial charge is 0.494 e. The van der Waals surface area contributed by atoms with Gasteiger partial charge in [0.1, 0.15) is 0 Å². The molecule has 1 aromatic carbocycles. The summed E-state index contributed by atoms with van der Waals surface area (Å²) in [4.78, 5) is 8.54. The fourth-order valence-electron chi connectivity index (χ4n) is 2.30. The average molecular weight is 286 g/mol. The molecule has 0 amide bonds. The van der Waals surface area contributed by atoms with Crippen LogP contribution in [0.1, 0.15) is 11.3 Å². The van der Waals surface area contributed by atoms with Gasteiger partial charge in [-0.3, -0.25) is 4.98 Å². The molecule has 0 aliphatic rings. The van der Waals surface area contributed by atoms with Gasteiger partial charge in [-0.2, -0.15) is 0 Å². The van der Waals surface area contributed by atoms with Crippen molar-refractivity contribution in [3.8, 4) is 5.75 Å². The highest BCUT2D eigenvalue weighted by atomic mass is 19.1. The van der Waals surface area contributed by atoms with E-state index in [4.69, 9.17) is 10.5 Å². The number of methoxy groups -OCH3 is 1. The number of halogens is 1. The molecule has 0 radical (unpaired) electrons. The molecule has 0 fully saturated rings. The topological polar surface area (TPSA) is 66.0 Å². The molecule has 0 saturated carbocycles. The summed E-state index contributed by atoms with van der Waals surface area (Å²) in [6.45, 7) is 2.46. The average Bonchev–Trinajstić information content (AvgIpc) is 2.75. The molecule has 0 aliphatic carbocycles. The minimum Gasteiger partial charge on any atom is -0.494 e. The maximum atomic E-state index is 13.7. The first-order valence-corrected chi connectivity index (χ1v) is 6.50. The molecule has 3 aromatic rings. The molecule has 3 rings (SSSR count). The number of aromatic nitrogens is 3. The highest BCUT2D eigenvalue weighted by Crippen LogP contribution is 2.27. The Labute approximate surface area is 121 Å². The van der Waals surface area contributed by atoms with Crippen LogP contribution in [0.4, 0.5) is 10.3 Å². The van der Waals surface area contributed by atoms with Gasteiger partial charge in [0.05, 0.1) is 30.4 Å². The van der Waals surface area contributed by atoms with Crippen molar-refractivity contribution in [3.63, 3.8) is 0 Å². The number of hydrogen-bond acceptors (Lipinski definition) is 4. The van der Waals surface area contributed by atoms with E-state index < -0.39 is 5.82 Å². The Kier molecular flexibility index (Phi) is 3.21. The minimum atomic E-state index is -0.455. The highest BCUT2D eigenvalue weighted by Gasteiger charge is 2.14. The molecule has 0 aliphatic heterocycles. The third-order valence-corrected chi connectivity index (χ3v) is 3.48. The van der Waals surface area contributed by atoms with E-state index in [1.165, 1.54) is 13.2 Å². The van der Waals surface area contributed by atoms with Crippen molar-refractivity contribution in [2.45, 2.75) is 13.5 Å². The quantitative estimate of drug-likeness (QED) is 0.803. The predicted octanol–water partition coefficient (Wildman–Crippen LogP) is 2.52. The summed E-state index contributed by atoms with van der Waals surface area (Å²) in [7, 11) is 1.43. The number of ether oxygens (including phenoxy) is 1. The number of hydrogen-bond donors (Lipinski definition) is 1. The van der Waals surface area contributed by atoms with Crippen LogP contribution in [0, 0.1) is 12.7 Å². The van der Waals surface area contributed by atoms with Crippen LogP contribution in [-0.2, 0) is 6.54 Å². The smallest absolute Gasteiger partial charge is 0.201 e. The second-order valence-corrected chi connectivity index (χ2v) is 4.80. The van der Waals surface area contributed by atoms with Gasteiger partial charge in [0, 0.05) is 18.3 Å². The SMILES string of the molecule is COc1cc2c(cc1F)nc(N)n2Cc1ncccc1C. The van der Waals surface area contributed by atoms with Crippen molar-refractivity contribution in [1.82, 2.24) is 14.5 Å². The number of aryl methyl sites for hydroxylation is 1. The van der Waals surface area contributed by atoms with Crippen molar-refractivity contribution < 1.29 is 9.13 Å². The second-order valence-electron chi connectivity index (χ2n) is 4.80. The number of imidazole rings is 1. The highest BCUT2D eigenvalue weighted by molar-refractivity contribution is 5.80. The van der Waals surface area contributed by atoms with Crippen LogP contribution in [0.15, 0.2) is 30.5 Å². The summed E-state index contributed by atoms with van der Waals surface area (Å²) < 4.78 is 20.5. The van der Waals surface area contributed by atoms with E-state index in [0.717, 1.165) is 16.8 Å². The summed E-state index contributed by atoms with van der Waals surface area (Å²) >= 11 is 0. The van der Waals surface area contributed by atoms with E-state index in [0.29, 0.717) is 18.0 Å². The fourth-order valence-corrected chi connectivity index (χ4v) is 2.30. The molecule has 6 heteroatoms. The Hall–Kier alpha value is -2.63. The normalized spacial score (nSPS) is 11.0. The number of nitrogen functional groups attached to an aromatic ring is 1. The lowest BCUT2D eigenvalue weighted by Crippen LogP contribution is -2.07. The van der Waals surface area contributed by atoms with Gasteiger partial charge in [0.25, 0.3) is 0 Å². The van der Waals surface area contributed by atoms with Gasteiger partial charge >= 0.3 is 0 Å². The predicted molar refractivity (Wildman–Crippen MR) is 78.7 cm³/mol. The van der Waals surface area contributed by atoms with Gasteiger partial charge in [0.15, 0.2) is 11.6 Å². The lowest BCUT2D eigenvalue weighted by atomic mass is 10.2. The third-order valence-electron chi connectivity index (χ3n) is 3.48. The van der Waals surface area contributed by atoms with Gasteiger partial charge in [-0.25, -0.2) is 9.37 Å². The molecule has 0 saturated heterocycles. The Bertz CT molecular complexity index is 813. The molecule has 108 valence electrons. The van der Waals surface area contributed by atoms with Crippen LogP contribution < -0.4 is 10.5 Å². The Morgan fingerprint density at radius 2 is 2.19 bits per heavy atom. The first-order valence-electron chi connectivity index (χ1n) is 6.50. The van der Waals surface area contributed by atoms with Crippen LogP contribution in [0.3, 0.4) is 0 Å². The zero-order valence-corrected chi connectivity index (χ0v) is 11.8. The number of benzene rings is 1. The van der Waals surface area contributed by atoms with Gasteiger partial charge in [0.2, 0.25) is 5.95 Å². The summed E-state index contributed by atoms with van der Waals surface area (Å²) in [5.74, 6) is 0.0350. The Morgan fingerprint density at radius 1 is 1.38 bits per heavy atom. The first kappa shape index (κ1) is 13.4. The molecule has 2 N–H and O–H groups in total. The summed E-state index contributed by atoms with van der Waals surface area (Å²) in [5, 5.41) is 0. The summed E-state index contributed by atoms with van der Waals surface area (Å²) in [6, 6.07) is 6.79. The number of rotatable bonds is 3. The lowest BCUT2D eigenvalue weighted by Gasteiger charge is -2.09. The summed E-state index contributed by atoms with van der Waals surface area (Å²) in [5.41, 5.74) is 9.13.